The lowest BCUT2D eigenvalue weighted by atomic mass is 10.1. The summed E-state index contributed by atoms with van der Waals surface area (Å²) < 4.78 is 0. The Balaban J connectivity index is 2.67. The summed E-state index contributed by atoms with van der Waals surface area (Å²) in [5.74, 6) is 0.0975. The molecule has 0 unspecified atom stereocenters. The van der Waals surface area contributed by atoms with Gasteiger partial charge < -0.3 is 5.32 Å². The van der Waals surface area contributed by atoms with Crippen molar-refractivity contribution < 1.29 is 4.79 Å². The normalized spacial score (nSPS) is 9.33. The topological polar surface area (TPSA) is 29.1 Å². The third-order valence-electron chi connectivity index (χ3n) is 1.99. The largest absolute Gasteiger partial charge is 0.382 e. The van der Waals surface area contributed by atoms with Crippen molar-refractivity contribution in [2.75, 3.05) is 11.9 Å². The molecule has 0 amide bonds. The number of hydrogen-bond donors (Lipinski definition) is 1. The highest BCUT2D eigenvalue weighted by molar-refractivity contribution is 5.97. The maximum Gasteiger partial charge on any atom is 0.166 e. The summed E-state index contributed by atoms with van der Waals surface area (Å²) in [5.41, 5.74) is 1.71. The Labute approximate surface area is 90.3 Å². The number of nitrogens with one attached hydrogen (secondary N) is 1. The highest BCUT2D eigenvalue weighted by Crippen LogP contribution is 2.11. The van der Waals surface area contributed by atoms with Crippen molar-refractivity contribution >= 4 is 11.5 Å². The first kappa shape index (κ1) is 11.2. The zero-order valence-electron chi connectivity index (χ0n) is 8.70. The summed E-state index contributed by atoms with van der Waals surface area (Å²) in [6.07, 6.45) is 3.79. The Morgan fingerprint density at radius 1 is 1.20 bits per heavy atom. The molecule has 0 aromatic heterocycles. The number of hydrogen-bond acceptors (Lipinski definition) is 2. The van der Waals surface area contributed by atoms with Gasteiger partial charge in [0.25, 0.3) is 0 Å². The summed E-state index contributed by atoms with van der Waals surface area (Å²) >= 11 is 0. The number of anilines is 1. The molecule has 0 heterocycles. The van der Waals surface area contributed by atoms with Gasteiger partial charge in [-0.1, -0.05) is 12.2 Å². The van der Waals surface area contributed by atoms with Crippen molar-refractivity contribution in [3.63, 3.8) is 0 Å². The van der Waals surface area contributed by atoms with Crippen LogP contribution in [0.4, 0.5) is 5.69 Å². The molecule has 0 saturated heterocycles. The average molecular weight is 201 g/mol. The van der Waals surface area contributed by atoms with Crippen LogP contribution in [0.25, 0.3) is 0 Å². The van der Waals surface area contributed by atoms with E-state index in [0.29, 0.717) is 6.42 Å². The zero-order valence-corrected chi connectivity index (χ0v) is 8.70. The van der Waals surface area contributed by atoms with E-state index < -0.39 is 0 Å². The monoisotopic (exact) mass is 201 g/mol. The minimum Gasteiger partial charge on any atom is -0.382 e. The first-order chi connectivity index (χ1) is 7.27. The maximum absolute atomic E-state index is 11.5. The van der Waals surface area contributed by atoms with E-state index in [-0.39, 0.29) is 5.78 Å². The predicted molar refractivity (Wildman–Crippen MR) is 64.3 cm³/mol. The Kier molecular flexibility index (Phi) is 4.35. The second-order valence-electron chi connectivity index (χ2n) is 3.16. The standard InChI is InChI=1S/C13H15NO/c1-3-5-13(15)11-6-8-12(9-7-11)14-10-4-2/h3-4,6-9,14H,1-2,5,10H2. The molecule has 0 atom stereocenters. The van der Waals surface area contributed by atoms with Crippen LogP contribution in [0.2, 0.25) is 0 Å². The second kappa shape index (κ2) is 5.81. The molecule has 0 aliphatic heterocycles. The van der Waals surface area contributed by atoms with Crippen molar-refractivity contribution in [2.24, 2.45) is 0 Å². The second-order valence-corrected chi connectivity index (χ2v) is 3.16. The van der Waals surface area contributed by atoms with E-state index >= 15 is 0 Å². The van der Waals surface area contributed by atoms with E-state index in [0.717, 1.165) is 17.8 Å². The zero-order chi connectivity index (χ0) is 11.1. The Morgan fingerprint density at radius 3 is 2.40 bits per heavy atom. The minimum atomic E-state index is 0.0975. The van der Waals surface area contributed by atoms with Gasteiger partial charge in [-0.25, -0.2) is 0 Å². The summed E-state index contributed by atoms with van der Waals surface area (Å²) in [7, 11) is 0. The molecular formula is C13H15NO. The fraction of sp³-hybridized carbons (Fsp3) is 0.154. The van der Waals surface area contributed by atoms with Gasteiger partial charge in [0.1, 0.15) is 0 Å². The third-order valence-corrected chi connectivity index (χ3v) is 1.99. The molecule has 0 aliphatic carbocycles. The van der Waals surface area contributed by atoms with Crippen LogP contribution in [0.3, 0.4) is 0 Å². The van der Waals surface area contributed by atoms with Gasteiger partial charge in [-0.05, 0) is 24.3 Å². The van der Waals surface area contributed by atoms with Crippen molar-refractivity contribution in [2.45, 2.75) is 6.42 Å². The first-order valence-electron chi connectivity index (χ1n) is 4.87. The minimum absolute atomic E-state index is 0.0975. The van der Waals surface area contributed by atoms with E-state index in [4.69, 9.17) is 0 Å². The summed E-state index contributed by atoms with van der Waals surface area (Å²) in [4.78, 5) is 11.5. The summed E-state index contributed by atoms with van der Waals surface area (Å²) in [6, 6.07) is 7.41. The van der Waals surface area contributed by atoms with E-state index in [9.17, 15) is 4.79 Å². The maximum atomic E-state index is 11.5. The molecule has 0 fully saturated rings. The number of allylic oxidation sites excluding steroid dienone is 1. The fourth-order valence-electron chi connectivity index (χ4n) is 1.21. The lowest BCUT2D eigenvalue weighted by Crippen LogP contribution is -2.00. The summed E-state index contributed by atoms with van der Waals surface area (Å²) in [6.45, 7) is 7.88. The Morgan fingerprint density at radius 2 is 1.87 bits per heavy atom. The van der Waals surface area contributed by atoms with Crippen LogP contribution in [0.1, 0.15) is 16.8 Å². The van der Waals surface area contributed by atoms with Crippen LogP contribution >= 0.6 is 0 Å². The molecule has 0 aliphatic rings. The molecule has 1 N–H and O–H groups in total. The molecule has 2 nitrogen and oxygen atoms in total. The SMILES string of the molecule is C=CCNc1ccc(C(=O)CC=C)cc1. The van der Waals surface area contributed by atoms with Crippen LogP contribution in [-0.2, 0) is 0 Å². The Hall–Kier alpha value is -1.83. The van der Waals surface area contributed by atoms with Gasteiger partial charge in [0, 0.05) is 24.2 Å². The number of ketones is 1. The first-order valence-corrected chi connectivity index (χ1v) is 4.87. The van der Waals surface area contributed by atoms with Crippen LogP contribution in [0.5, 0.6) is 0 Å². The number of carbonyl (C=O) groups excluding carboxylic acids is 1. The van der Waals surface area contributed by atoms with Gasteiger partial charge in [-0.3, -0.25) is 4.79 Å². The highest BCUT2D eigenvalue weighted by Gasteiger charge is 2.02. The van der Waals surface area contributed by atoms with Gasteiger partial charge in [-0.2, -0.15) is 0 Å². The fourth-order valence-corrected chi connectivity index (χ4v) is 1.21. The lowest BCUT2D eigenvalue weighted by molar-refractivity contribution is 0.0996. The molecule has 78 valence electrons. The molecular weight excluding hydrogens is 186 g/mol. The molecule has 15 heavy (non-hydrogen) atoms. The van der Waals surface area contributed by atoms with Crippen LogP contribution in [0, 0.1) is 0 Å². The molecule has 0 spiro atoms. The molecule has 1 aromatic carbocycles. The van der Waals surface area contributed by atoms with Gasteiger partial charge in [0.15, 0.2) is 5.78 Å². The Bertz CT molecular complexity index is 351. The van der Waals surface area contributed by atoms with Gasteiger partial charge >= 0.3 is 0 Å². The van der Waals surface area contributed by atoms with E-state index in [1.54, 1.807) is 12.2 Å². The van der Waals surface area contributed by atoms with Crippen molar-refractivity contribution in [1.82, 2.24) is 0 Å². The van der Waals surface area contributed by atoms with Gasteiger partial charge in [-0.15, -0.1) is 13.2 Å². The lowest BCUT2D eigenvalue weighted by Gasteiger charge is -2.03. The van der Waals surface area contributed by atoms with Gasteiger partial charge in [0.2, 0.25) is 0 Å². The summed E-state index contributed by atoms with van der Waals surface area (Å²) in [5, 5.41) is 3.14. The number of carbonyl (C=O) groups is 1. The van der Waals surface area contributed by atoms with Crippen LogP contribution < -0.4 is 5.32 Å². The third kappa shape index (κ3) is 3.43. The van der Waals surface area contributed by atoms with E-state index in [2.05, 4.69) is 18.5 Å². The predicted octanol–water partition coefficient (Wildman–Crippen LogP) is 3.04. The van der Waals surface area contributed by atoms with Crippen LogP contribution in [-0.4, -0.2) is 12.3 Å². The van der Waals surface area contributed by atoms with Crippen molar-refractivity contribution in [3.8, 4) is 0 Å². The molecule has 0 radical (unpaired) electrons. The number of rotatable bonds is 6. The van der Waals surface area contributed by atoms with E-state index in [1.807, 2.05) is 24.3 Å². The number of Topliss-reactive ketones (excluding diaryl/α,β-unsaturated/α-hetero) is 1. The van der Waals surface area contributed by atoms with Crippen molar-refractivity contribution in [1.29, 1.82) is 0 Å². The highest BCUT2D eigenvalue weighted by atomic mass is 16.1. The molecule has 1 rings (SSSR count). The molecule has 0 bridgehead atoms. The molecule has 1 aromatic rings. The van der Waals surface area contributed by atoms with Crippen molar-refractivity contribution in [3.05, 3.63) is 55.1 Å². The smallest absolute Gasteiger partial charge is 0.166 e. The van der Waals surface area contributed by atoms with Gasteiger partial charge in [0.05, 0.1) is 0 Å². The average Bonchev–Trinajstić information content (AvgIpc) is 2.27. The number of benzene rings is 1. The molecule has 0 saturated carbocycles. The molecule has 2 heteroatoms. The quantitative estimate of drug-likeness (QED) is 0.566. The van der Waals surface area contributed by atoms with E-state index in [1.165, 1.54) is 0 Å². The van der Waals surface area contributed by atoms with Crippen LogP contribution in [0.15, 0.2) is 49.6 Å².